The van der Waals surface area contributed by atoms with E-state index in [0.717, 1.165) is 5.39 Å². The first-order valence-electron chi connectivity index (χ1n) is 12.8. The van der Waals surface area contributed by atoms with E-state index in [-0.39, 0.29) is 34.5 Å². The number of benzene rings is 2. The van der Waals surface area contributed by atoms with Crippen LogP contribution in [0.1, 0.15) is 27.2 Å². The summed E-state index contributed by atoms with van der Waals surface area (Å²) < 4.78 is 48.4. The van der Waals surface area contributed by atoms with Crippen LogP contribution < -0.4 is 15.2 Å². The van der Waals surface area contributed by atoms with Crippen molar-refractivity contribution >= 4 is 38.2 Å². The third kappa shape index (κ3) is 5.79. The second kappa shape index (κ2) is 11.3. The van der Waals surface area contributed by atoms with Gasteiger partial charge in [0.2, 0.25) is 21.7 Å². The first kappa shape index (κ1) is 28.3. The topological polar surface area (TPSA) is 145 Å². The second-order valence-electron chi connectivity index (χ2n) is 9.51. The molecule has 0 saturated heterocycles. The van der Waals surface area contributed by atoms with Crippen LogP contribution in [0.3, 0.4) is 0 Å². The molecule has 10 nitrogen and oxygen atoms in total. The van der Waals surface area contributed by atoms with E-state index in [1.54, 1.807) is 56.3 Å². The summed E-state index contributed by atoms with van der Waals surface area (Å²) in [5.41, 5.74) is 9.63. The van der Waals surface area contributed by atoms with Gasteiger partial charge in [0.15, 0.2) is 11.6 Å². The normalized spacial score (nSPS) is 11.7. The second-order valence-corrected chi connectivity index (χ2v) is 11.3. The molecule has 0 bridgehead atoms. The smallest absolute Gasteiger partial charge is 0.236 e. The Morgan fingerprint density at radius 2 is 1.95 bits per heavy atom. The van der Waals surface area contributed by atoms with E-state index in [0.29, 0.717) is 28.0 Å². The number of anilines is 2. The average molecular weight is 587 g/mol. The first-order valence-corrected chi connectivity index (χ1v) is 14.4. The zero-order valence-electron chi connectivity index (χ0n) is 22.8. The van der Waals surface area contributed by atoms with Crippen molar-refractivity contribution in [1.82, 2.24) is 19.7 Å². The maximum atomic E-state index is 14.0. The molecule has 0 fully saturated rings. The Bertz CT molecular complexity index is 1980. The minimum atomic E-state index is -3.63. The highest BCUT2D eigenvalue weighted by molar-refractivity contribution is 7.92. The standard InChI is InChI=1S/C30H27FN6O4S/c1-4-5-8-11-42(39,40)36-23-15-24-20(12-18(23)2)14-25(35-24)29(38)21-16-34-37(30(21)32)26-17-33-28(13-19(26)3)41-27-10-7-6-9-22(27)31/h4-10,12-17,35-36H,1,11,32H2,2-3H3/b8-5-. The third-order valence-electron chi connectivity index (χ3n) is 6.45. The molecule has 0 amide bonds. The number of aromatic nitrogens is 4. The molecule has 5 rings (SSSR count). The minimum Gasteiger partial charge on any atom is -0.436 e. The number of aryl methyl sites for hydroxylation is 2. The lowest BCUT2D eigenvalue weighted by Crippen LogP contribution is -2.16. The molecule has 3 aromatic heterocycles. The van der Waals surface area contributed by atoms with E-state index in [2.05, 4.69) is 26.4 Å². The number of hydrogen-bond acceptors (Lipinski definition) is 7. The van der Waals surface area contributed by atoms with Crippen molar-refractivity contribution in [2.24, 2.45) is 0 Å². The third-order valence-corrected chi connectivity index (χ3v) is 7.61. The number of rotatable bonds is 10. The van der Waals surface area contributed by atoms with E-state index >= 15 is 0 Å². The van der Waals surface area contributed by atoms with Gasteiger partial charge in [-0.2, -0.15) is 5.10 Å². The molecule has 3 heterocycles. The number of nitrogens with two attached hydrogens (primary N) is 1. The number of pyridine rings is 1. The summed E-state index contributed by atoms with van der Waals surface area (Å²) in [6.45, 7) is 7.09. The molecule has 5 aromatic rings. The molecule has 0 aliphatic heterocycles. The summed E-state index contributed by atoms with van der Waals surface area (Å²) in [6.07, 6.45) is 7.39. The van der Waals surface area contributed by atoms with Gasteiger partial charge in [-0.1, -0.05) is 36.9 Å². The highest BCUT2D eigenvalue weighted by Gasteiger charge is 2.21. The van der Waals surface area contributed by atoms with Crippen LogP contribution in [0.15, 0.2) is 85.7 Å². The Morgan fingerprint density at radius 1 is 1.17 bits per heavy atom. The van der Waals surface area contributed by atoms with E-state index in [9.17, 15) is 17.6 Å². The van der Waals surface area contributed by atoms with E-state index in [1.807, 2.05) is 0 Å². The molecule has 2 aromatic carbocycles. The number of para-hydroxylation sites is 1. The summed E-state index contributed by atoms with van der Waals surface area (Å²) in [4.78, 5) is 20.7. The minimum absolute atomic E-state index is 0.0439. The molecule has 0 radical (unpaired) electrons. The molecule has 214 valence electrons. The van der Waals surface area contributed by atoms with Crippen molar-refractivity contribution in [3.8, 4) is 17.3 Å². The Balaban J connectivity index is 1.39. The number of allylic oxidation sites excluding steroid dienone is 2. The summed E-state index contributed by atoms with van der Waals surface area (Å²) >= 11 is 0. The number of ether oxygens (including phenoxy) is 1. The average Bonchev–Trinajstić information content (AvgIpc) is 3.53. The van der Waals surface area contributed by atoms with Gasteiger partial charge in [-0.05, 0) is 55.3 Å². The molecular weight excluding hydrogens is 559 g/mol. The van der Waals surface area contributed by atoms with Crippen molar-refractivity contribution in [3.63, 3.8) is 0 Å². The molecule has 4 N–H and O–H groups in total. The number of carbonyl (C=O) groups is 1. The number of ketones is 1. The Hall–Kier alpha value is -5.23. The molecular formula is C30H27FN6O4S. The van der Waals surface area contributed by atoms with Gasteiger partial charge >= 0.3 is 0 Å². The number of nitrogen functional groups attached to an aromatic ring is 1. The molecule has 0 aliphatic carbocycles. The quantitative estimate of drug-likeness (QED) is 0.143. The zero-order chi connectivity index (χ0) is 30.0. The van der Waals surface area contributed by atoms with Crippen LogP contribution >= 0.6 is 0 Å². The van der Waals surface area contributed by atoms with Crippen LogP contribution in [0.2, 0.25) is 0 Å². The van der Waals surface area contributed by atoms with Gasteiger partial charge in [-0.3, -0.25) is 9.52 Å². The molecule has 12 heteroatoms. The van der Waals surface area contributed by atoms with Crippen molar-refractivity contribution in [3.05, 3.63) is 114 Å². The van der Waals surface area contributed by atoms with Gasteiger partial charge in [0.1, 0.15) is 5.82 Å². The van der Waals surface area contributed by atoms with Crippen molar-refractivity contribution in [2.45, 2.75) is 13.8 Å². The number of nitrogens with zero attached hydrogens (tertiary/aromatic N) is 3. The fourth-order valence-electron chi connectivity index (χ4n) is 4.33. The Labute approximate surface area is 241 Å². The maximum absolute atomic E-state index is 14.0. The lowest BCUT2D eigenvalue weighted by molar-refractivity contribution is 0.103. The number of nitrogens with one attached hydrogen (secondary N) is 2. The predicted molar refractivity (Wildman–Crippen MR) is 160 cm³/mol. The van der Waals surface area contributed by atoms with Crippen LogP contribution in [-0.2, 0) is 10.0 Å². The van der Waals surface area contributed by atoms with Crippen LogP contribution in [0.5, 0.6) is 11.6 Å². The molecule has 42 heavy (non-hydrogen) atoms. The van der Waals surface area contributed by atoms with Crippen molar-refractivity contribution in [2.75, 3.05) is 16.2 Å². The lowest BCUT2D eigenvalue weighted by Gasteiger charge is -2.11. The summed E-state index contributed by atoms with van der Waals surface area (Å²) in [7, 11) is -3.63. The molecule has 0 unspecified atom stereocenters. The first-order chi connectivity index (χ1) is 20.1. The SMILES string of the molecule is C=C/C=C\CS(=O)(=O)Nc1cc2[nH]c(C(=O)c3cnn(-c4cnc(Oc5ccccc5F)cc4C)c3N)cc2cc1C. The number of halogens is 1. The van der Waals surface area contributed by atoms with Gasteiger partial charge in [0.05, 0.1) is 40.8 Å². The van der Waals surface area contributed by atoms with E-state index in [1.165, 1.54) is 41.4 Å². The Morgan fingerprint density at radius 3 is 2.69 bits per heavy atom. The highest BCUT2D eigenvalue weighted by Crippen LogP contribution is 2.29. The lowest BCUT2D eigenvalue weighted by atomic mass is 10.1. The van der Waals surface area contributed by atoms with Crippen LogP contribution in [0.4, 0.5) is 15.9 Å². The van der Waals surface area contributed by atoms with Crippen molar-refractivity contribution < 1.29 is 22.3 Å². The fraction of sp³-hybridized carbons (Fsp3) is 0.100. The summed E-state index contributed by atoms with van der Waals surface area (Å²) in [5.74, 6) is -0.779. The zero-order valence-corrected chi connectivity index (χ0v) is 23.6. The summed E-state index contributed by atoms with van der Waals surface area (Å²) in [6, 6.07) is 12.7. The van der Waals surface area contributed by atoms with E-state index < -0.39 is 21.6 Å². The largest absolute Gasteiger partial charge is 0.436 e. The number of carbonyl (C=O) groups excluding carboxylic acids is 1. The Kier molecular flexibility index (Phi) is 7.64. The van der Waals surface area contributed by atoms with Crippen LogP contribution in [-0.4, -0.2) is 39.7 Å². The fourth-order valence-corrected chi connectivity index (χ4v) is 5.33. The molecule has 0 saturated carbocycles. The van der Waals surface area contributed by atoms with Crippen molar-refractivity contribution in [1.29, 1.82) is 0 Å². The van der Waals surface area contributed by atoms with Gasteiger partial charge in [0, 0.05) is 17.0 Å². The van der Waals surface area contributed by atoms with Crippen LogP contribution in [0, 0.1) is 19.7 Å². The number of hydrogen-bond donors (Lipinski definition) is 3. The number of sulfonamides is 1. The maximum Gasteiger partial charge on any atom is 0.236 e. The molecule has 0 spiro atoms. The summed E-state index contributed by atoms with van der Waals surface area (Å²) in [5, 5.41) is 5.03. The number of fused-ring (bicyclic) bond motifs is 1. The van der Waals surface area contributed by atoms with Gasteiger partial charge in [-0.15, -0.1) is 0 Å². The monoisotopic (exact) mass is 586 g/mol. The van der Waals surface area contributed by atoms with Gasteiger partial charge in [-0.25, -0.2) is 22.5 Å². The number of aromatic amines is 1. The predicted octanol–water partition coefficient (Wildman–Crippen LogP) is 5.59. The molecule has 0 aliphatic rings. The number of H-pyrrole nitrogens is 1. The molecule has 0 atom stereocenters. The highest BCUT2D eigenvalue weighted by atomic mass is 32.2. The van der Waals surface area contributed by atoms with Gasteiger partial charge < -0.3 is 15.5 Å². The van der Waals surface area contributed by atoms with E-state index in [4.69, 9.17) is 10.5 Å². The van der Waals surface area contributed by atoms with Gasteiger partial charge in [0.25, 0.3) is 0 Å². The van der Waals surface area contributed by atoms with Crippen LogP contribution in [0.25, 0.3) is 16.6 Å².